The van der Waals surface area contributed by atoms with Gasteiger partial charge in [-0.1, -0.05) is 6.07 Å². The number of Topliss-reactive ketones (excluding diaryl/α,β-unsaturated/α-hetero) is 1. The topological polar surface area (TPSA) is 112 Å². The molecule has 1 aromatic carbocycles. The van der Waals surface area contributed by atoms with Gasteiger partial charge in [0.05, 0.1) is 11.6 Å². The van der Waals surface area contributed by atoms with E-state index in [0.717, 1.165) is 0 Å². The first kappa shape index (κ1) is 17.9. The number of carbonyl (C=O) groups is 3. The molecule has 0 saturated heterocycles. The van der Waals surface area contributed by atoms with Crippen LogP contribution in [0, 0.1) is 25.2 Å². The molecule has 0 bridgehead atoms. The first-order chi connectivity index (χ1) is 11.8. The SMILES string of the molecule is CC(=O)c1c(C)[nH]c(C(=O)OCC(=O)Nc2cccc(C#N)c2)c1C. The van der Waals surface area contributed by atoms with Crippen molar-refractivity contribution >= 4 is 23.3 Å². The van der Waals surface area contributed by atoms with Crippen molar-refractivity contribution in [1.29, 1.82) is 5.26 Å². The van der Waals surface area contributed by atoms with E-state index in [0.29, 0.717) is 28.1 Å². The number of ether oxygens (including phenoxy) is 1. The van der Waals surface area contributed by atoms with Gasteiger partial charge >= 0.3 is 5.97 Å². The number of hydrogen-bond acceptors (Lipinski definition) is 5. The Morgan fingerprint density at radius 2 is 2.00 bits per heavy atom. The van der Waals surface area contributed by atoms with Crippen LogP contribution < -0.4 is 5.32 Å². The molecule has 2 aromatic rings. The fourth-order valence-electron chi connectivity index (χ4n) is 2.55. The van der Waals surface area contributed by atoms with Crippen LogP contribution in [-0.2, 0) is 9.53 Å². The maximum absolute atomic E-state index is 12.1. The number of ketones is 1. The van der Waals surface area contributed by atoms with Gasteiger partial charge in [-0.25, -0.2) is 4.79 Å². The molecule has 25 heavy (non-hydrogen) atoms. The zero-order valence-electron chi connectivity index (χ0n) is 14.1. The number of esters is 1. The van der Waals surface area contributed by atoms with Gasteiger partial charge < -0.3 is 15.0 Å². The second kappa shape index (κ2) is 7.45. The number of hydrogen-bond donors (Lipinski definition) is 2. The van der Waals surface area contributed by atoms with Gasteiger partial charge in [0, 0.05) is 16.9 Å². The molecule has 1 heterocycles. The summed E-state index contributed by atoms with van der Waals surface area (Å²) in [7, 11) is 0. The first-order valence-corrected chi connectivity index (χ1v) is 7.50. The monoisotopic (exact) mass is 339 g/mol. The van der Waals surface area contributed by atoms with Gasteiger partial charge in [0.1, 0.15) is 5.69 Å². The molecular formula is C18H17N3O4. The molecule has 0 aliphatic heterocycles. The molecular weight excluding hydrogens is 322 g/mol. The summed E-state index contributed by atoms with van der Waals surface area (Å²) in [4.78, 5) is 38.4. The van der Waals surface area contributed by atoms with E-state index in [4.69, 9.17) is 10.00 Å². The van der Waals surface area contributed by atoms with Gasteiger partial charge in [-0.3, -0.25) is 9.59 Å². The molecule has 0 aliphatic rings. The van der Waals surface area contributed by atoms with Crippen LogP contribution in [0.5, 0.6) is 0 Å². The molecule has 0 fully saturated rings. The maximum Gasteiger partial charge on any atom is 0.355 e. The second-order valence-corrected chi connectivity index (χ2v) is 5.50. The molecule has 7 heteroatoms. The van der Waals surface area contributed by atoms with E-state index in [-0.39, 0.29) is 11.5 Å². The molecule has 0 atom stereocenters. The maximum atomic E-state index is 12.1. The van der Waals surface area contributed by atoms with Crippen LogP contribution in [0.4, 0.5) is 5.69 Å². The molecule has 2 rings (SSSR count). The average Bonchev–Trinajstić information content (AvgIpc) is 2.87. The summed E-state index contributed by atoms with van der Waals surface area (Å²) in [6, 6.07) is 8.34. The highest BCUT2D eigenvalue weighted by atomic mass is 16.5. The number of nitrogens with one attached hydrogen (secondary N) is 2. The first-order valence-electron chi connectivity index (χ1n) is 7.50. The lowest BCUT2D eigenvalue weighted by Gasteiger charge is -2.07. The van der Waals surface area contributed by atoms with E-state index in [1.54, 1.807) is 32.0 Å². The normalized spacial score (nSPS) is 10.0. The van der Waals surface area contributed by atoms with Crippen LogP contribution in [0.25, 0.3) is 0 Å². The molecule has 0 spiro atoms. The van der Waals surface area contributed by atoms with Crippen molar-refractivity contribution in [3.8, 4) is 6.07 Å². The molecule has 0 radical (unpaired) electrons. The number of rotatable bonds is 5. The van der Waals surface area contributed by atoms with E-state index in [1.165, 1.54) is 13.0 Å². The molecule has 7 nitrogen and oxygen atoms in total. The number of amides is 1. The minimum atomic E-state index is -0.714. The van der Waals surface area contributed by atoms with Crippen LogP contribution in [0.15, 0.2) is 24.3 Å². The smallest absolute Gasteiger partial charge is 0.355 e. The number of aryl methyl sites for hydroxylation is 1. The Balaban J connectivity index is 2.00. The Labute approximate surface area is 144 Å². The number of carbonyl (C=O) groups excluding carboxylic acids is 3. The van der Waals surface area contributed by atoms with Crippen molar-refractivity contribution < 1.29 is 19.1 Å². The molecule has 0 unspecified atom stereocenters. The Hall–Kier alpha value is -3.40. The van der Waals surface area contributed by atoms with Crippen molar-refractivity contribution in [1.82, 2.24) is 4.98 Å². The summed E-state index contributed by atoms with van der Waals surface area (Å²) < 4.78 is 4.99. The van der Waals surface area contributed by atoms with E-state index in [9.17, 15) is 14.4 Å². The Kier molecular flexibility index (Phi) is 5.35. The van der Waals surface area contributed by atoms with Crippen molar-refractivity contribution in [3.63, 3.8) is 0 Å². The van der Waals surface area contributed by atoms with Crippen LogP contribution in [0.1, 0.15) is 44.6 Å². The predicted molar refractivity (Wildman–Crippen MR) is 90.3 cm³/mol. The summed E-state index contributed by atoms with van der Waals surface area (Å²) in [5, 5.41) is 11.4. The lowest BCUT2D eigenvalue weighted by molar-refractivity contribution is -0.119. The summed E-state index contributed by atoms with van der Waals surface area (Å²) >= 11 is 0. The van der Waals surface area contributed by atoms with Gasteiger partial charge in [0.25, 0.3) is 5.91 Å². The highest BCUT2D eigenvalue weighted by molar-refractivity contribution is 6.01. The van der Waals surface area contributed by atoms with E-state index in [1.807, 2.05) is 6.07 Å². The Bertz CT molecular complexity index is 890. The largest absolute Gasteiger partial charge is 0.451 e. The van der Waals surface area contributed by atoms with Crippen LogP contribution in [0.3, 0.4) is 0 Å². The quantitative estimate of drug-likeness (QED) is 0.642. The number of benzene rings is 1. The predicted octanol–water partition coefficient (Wildman–Crippen LogP) is 2.50. The van der Waals surface area contributed by atoms with Crippen LogP contribution in [0.2, 0.25) is 0 Å². The summed E-state index contributed by atoms with van der Waals surface area (Å²) in [6.07, 6.45) is 0. The van der Waals surface area contributed by atoms with Crippen LogP contribution in [-0.4, -0.2) is 29.3 Å². The van der Waals surface area contributed by atoms with E-state index >= 15 is 0 Å². The fraction of sp³-hybridized carbons (Fsp3) is 0.222. The Morgan fingerprint density at radius 1 is 1.28 bits per heavy atom. The van der Waals surface area contributed by atoms with Gasteiger partial charge in [-0.2, -0.15) is 5.26 Å². The van der Waals surface area contributed by atoms with Gasteiger partial charge in [0.15, 0.2) is 12.4 Å². The highest BCUT2D eigenvalue weighted by Gasteiger charge is 2.21. The molecule has 2 N–H and O–H groups in total. The third-order valence-electron chi connectivity index (χ3n) is 3.60. The van der Waals surface area contributed by atoms with Crippen molar-refractivity contribution in [2.45, 2.75) is 20.8 Å². The zero-order valence-corrected chi connectivity index (χ0v) is 14.1. The van der Waals surface area contributed by atoms with E-state index < -0.39 is 18.5 Å². The van der Waals surface area contributed by atoms with Crippen molar-refractivity contribution in [2.24, 2.45) is 0 Å². The third-order valence-corrected chi connectivity index (χ3v) is 3.60. The lowest BCUT2D eigenvalue weighted by Crippen LogP contribution is -2.21. The van der Waals surface area contributed by atoms with Crippen LogP contribution >= 0.6 is 0 Å². The Morgan fingerprint density at radius 3 is 2.60 bits per heavy atom. The van der Waals surface area contributed by atoms with Crippen molar-refractivity contribution in [2.75, 3.05) is 11.9 Å². The summed E-state index contributed by atoms with van der Waals surface area (Å²) in [6.45, 7) is 4.27. The van der Waals surface area contributed by atoms with Gasteiger partial charge in [-0.15, -0.1) is 0 Å². The molecule has 128 valence electrons. The summed E-state index contributed by atoms with van der Waals surface area (Å²) in [5.41, 5.74) is 2.52. The molecule has 1 aromatic heterocycles. The molecule has 1 amide bonds. The van der Waals surface area contributed by atoms with Crippen molar-refractivity contribution in [3.05, 3.63) is 52.3 Å². The fourth-order valence-corrected chi connectivity index (χ4v) is 2.55. The second-order valence-electron chi connectivity index (χ2n) is 5.50. The minimum absolute atomic E-state index is 0.152. The number of nitriles is 1. The standard InChI is InChI=1S/C18H17N3O4/c1-10-16(12(3)22)11(2)20-17(10)18(24)25-9-15(23)21-14-6-4-5-13(7-14)8-19/h4-7,20H,9H2,1-3H3,(H,21,23). The number of anilines is 1. The number of nitrogens with zero attached hydrogens (tertiary/aromatic N) is 1. The molecule has 0 aliphatic carbocycles. The van der Waals surface area contributed by atoms with E-state index in [2.05, 4.69) is 10.3 Å². The summed E-state index contributed by atoms with van der Waals surface area (Å²) in [5.74, 6) is -1.40. The lowest BCUT2D eigenvalue weighted by atomic mass is 10.1. The van der Waals surface area contributed by atoms with Gasteiger partial charge in [-0.05, 0) is 44.5 Å². The molecule has 0 saturated carbocycles. The highest BCUT2D eigenvalue weighted by Crippen LogP contribution is 2.19. The average molecular weight is 339 g/mol. The minimum Gasteiger partial charge on any atom is -0.451 e. The number of aromatic nitrogens is 1. The van der Waals surface area contributed by atoms with Gasteiger partial charge in [0.2, 0.25) is 0 Å². The zero-order chi connectivity index (χ0) is 18.6. The number of aromatic amines is 1. The third kappa shape index (κ3) is 4.12. The number of H-pyrrole nitrogens is 1.